The van der Waals surface area contributed by atoms with Crippen molar-refractivity contribution in [3.8, 4) is 5.69 Å². The van der Waals surface area contributed by atoms with Gasteiger partial charge in [0, 0.05) is 44.9 Å². The topological polar surface area (TPSA) is 30.2 Å². The number of rotatable bonds is 3. The summed E-state index contributed by atoms with van der Waals surface area (Å²) in [7, 11) is 0. The summed E-state index contributed by atoms with van der Waals surface area (Å²) in [4.78, 5) is 9.03. The molecule has 0 N–H and O–H groups in total. The zero-order chi connectivity index (χ0) is 18.1. The highest BCUT2D eigenvalue weighted by molar-refractivity contribution is 9.10. The van der Waals surface area contributed by atoms with Gasteiger partial charge in [-0.2, -0.15) is 0 Å². The van der Waals surface area contributed by atoms with Gasteiger partial charge in [0.15, 0.2) is 0 Å². The molecule has 0 saturated carbocycles. The second-order valence-electron chi connectivity index (χ2n) is 6.28. The lowest BCUT2D eigenvalue weighted by Gasteiger charge is -2.09. The number of nitrogens with zero attached hydrogens (tertiary/aromatic N) is 3. The first kappa shape index (κ1) is 16.7. The third-order valence-corrected chi connectivity index (χ3v) is 5.02. The molecule has 0 amide bonds. The van der Waals surface area contributed by atoms with Crippen molar-refractivity contribution in [3.05, 3.63) is 88.3 Å². The highest BCUT2D eigenvalue weighted by Gasteiger charge is 2.09. The second-order valence-corrected chi connectivity index (χ2v) is 7.19. The molecule has 4 heteroatoms. The molecule has 128 valence electrons. The minimum absolute atomic E-state index is 0.930. The molecule has 0 fully saturated rings. The molecule has 4 rings (SSSR count). The number of hydrogen-bond donors (Lipinski definition) is 0. The molecule has 0 aliphatic rings. The number of aliphatic imine (C=N–C) groups is 1. The van der Waals surface area contributed by atoms with E-state index in [1.807, 2.05) is 30.6 Å². The van der Waals surface area contributed by atoms with E-state index in [0.29, 0.717) is 0 Å². The van der Waals surface area contributed by atoms with E-state index < -0.39 is 0 Å². The molecule has 0 unspecified atom stereocenters. The predicted molar refractivity (Wildman–Crippen MR) is 112 cm³/mol. The van der Waals surface area contributed by atoms with Crippen LogP contribution in [0.15, 0.2) is 76.3 Å². The van der Waals surface area contributed by atoms with Crippen molar-refractivity contribution in [2.75, 3.05) is 0 Å². The molecule has 0 atom stereocenters. The molecular weight excluding hydrogens is 386 g/mol. The number of halogens is 1. The molecule has 3 nitrogen and oxygen atoms in total. The molecule has 0 aliphatic heterocycles. The van der Waals surface area contributed by atoms with Crippen molar-refractivity contribution in [3.63, 3.8) is 0 Å². The van der Waals surface area contributed by atoms with Gasteiger partial charge in [0.25, 0.3) is 0 Å². The van der Waals surface area contributed by atoms with E-state index >= 15 is 0 Å². The third kappa shape index (κ3) is 3.20. The summed E-state index contributed by atoms with van der Waals surface area (Å²) in [6.45, 7) is 4.24. The number of benzene rings is 2. The van der Waals surface area contributed by atoms with Crippen molar-refractivity contribution in [2.45, 2.75) is 13.8 Å². The Morgan fingerprint density at radius 1 is 1.00 bits per heavy atom. The van der Waals surface area contributed by atoms with Gasteiger partial charge in [-0.05, 0) is 68.4 Å². The molecule has 2 aromatic heterocycles. The Kier molecular flexibility index (Phi) is 4.43. The first-order valence-electron chi connectivity index (χ1n) is 8.45. The van der Waals surface area contributed by atoms with E-state index in [1.54, 1.807) is 0 Å². The number of hydrogen-bond acceptors (Lipinski definition) is 2. The van der Waals surface area contributed by atoms with Crippen molar-refractivity contribution in [1.82, 2.24) is 9.55 Å². The lowest BCUT2D eigenvalue weighted by molar-refractivity contribution is 0.964. The second kappa shape index (κ2) is 6.89. The number of pyridine rings is 1. The van der Waals surface area contributed by atoms with Crippen molar-refractivity contribution < 1.29 is 0 Å². The Bertz CT molecular complexity index is 1110. The Morgan fingerprint density at radius 2 is 1.81 bits per heavy atom. The quantitative estimate of drug-likeness (QED) is 0.377. The first-order valence-corrected chi connectivity index (χ1v) is 9.25. The summed E-state index contributed by atoms with van der Waals surface area (Å²) in [5, 5.41) is 1.10. The van der Waals surface area contributed by atoms with Crippen molar-refractivity contribution >= 4 is 38.7 Å². The highest BCUT2D eigenvalue weighted by atomic mass is 79.9. The fraction of sp³-hybridized carbons (Fsp3) is 0.0909. The van der Waals surface area contributed by atoms with Crippen LogP contribution in [0.25, 0.3) is 16.6 Å². The molecule has 2 heterocycles. The number of aromatic nitrogens is 2. The molecule has 26 heavy (non-hydrogen) atoms. The van der Waals surface area contributed by atoms with Gasteiger partial charge in [0.1, 0.15) is 0 Å². The van der Waals surface area contributed by atoms with Gasteiger partial charge in [-0.25, -0.2) is 0 Å². The molecule has 0 radical (unpaired) electrons. The molecule has 0 saturated heterocycles. The summed E-state index contributed by atoms with van der Waals surface area (Å²) in [6.07, 6.45) is 3.75. The Labute approximate surface area is 161 Å². The molecule has 2 aromatic carbocycles. The predicted octanol–water partition coefficient (Wildman–Crippen LogP) is 6.16. The summed E-state index contributed by atoms with van der Waals surface area (Å²) in [6, 6.07) is 20.6. The van der Waals surface area contributed by atoms with E-state index in [1.165, 1.54) is 11.4 Å². The number of aryl methyl sites for hydroxylation is 1. The van der Waals surface area contributed by atoms with Crippen LogP contribution in [0.4, 0.5) is 5.69 Å². The van der Waals surface area contributed by atoms with Crippen LogP contribution in [-0.4, -0.2) is 15.8 Å². The van der Waals surface area contributed by atoms with Crippen LogP contribution >= 0.6 is 15.9 Å². The average Bonchev–Trinajstić information content (AvgIpc) is 2.94. The van der Waals surface area contributed by atoms with Crippen LogP contribution in [0.3, 0.4) is 0 Å². The van der Waals surface area contributed by atoms with E-state index in [2.05, 4.69) is 86.8 Å². The maximum absolute atomic E-state index is 4.68. The zero-order valence-electron chi connectivity index (χ0n) is 14.6. The minimum Gasteiger partial charge on any atom is -0.318 e. The summed E-state index contributed by atoms with van der Waals surface area (Å²) < 4.78 is 3.33. The van der Waals surface area contributed by atoms with Crippen LogP contribution < -0.4 is 0 Å². The molecule has 0 aliphatic carbocycles. The summed E-state index contributed by atoms with van der Waals surface area (Å²) in [5.41, 5.74) is 6.56. The van der Waals surface area contributed by atoms with E-state index in [0.717, 1.165) is 32.3 Å². The first-order chi connectivity index (χ1) is 12.6. The van der Waals surface area contributed by atoms with Crippen molar-refractivity contribution in [2.24, 2.45) is 4.99 Å². The third-order valence-electron chi connectivity index (χ3n) is 4.49. The maximum Gasteiger partial charge on any atom is 0.0703 e. The normalized spacial score (nSPS) is 11.5. The van der Waals surface area contributed by atoms with E-state index in [9.17, 15) is 0 Å². The lowest BCUT2D eigenvalue weighted by Crippen LogP contribution is -1.99. The smallest absolute Gasteiger partial charge is 0.0703 e. The van der Waals surface area contributed by atoms with Gasteiger partial charge in [0.2, 0.25) is 0 Å². The van der Waals surface area contributed by atoms with Gasteiger partial charge in [-0.1, -0.05) is 22.0 Å². The van der Waals surface area contributed by atoms with Gasteiger partial charge in [0.05, 0.1) is 11.2 Å². The summed E-state index contributed by atoms with van der Waals surface area (Å²) in [5.74, 6) is 0. The largest absolute Gasteiger partial charge is 0.318 e. The fourth-order valence-electron chi connectivity index (χ4n) is 3.19. The van der Waals surface area contributed by atoms with Gasteiger partial charge in [-0.15, -0.1) is 0 Å². The Hall–Kier alpha value is -2.72. The SMILES string of the molecule is Cc1cc(C=Nc2ccc3ncccc3c2)c(C)n1-c1ccc(Br)cc1. The van der Waals surface area contributed by atoms with Crippen LogP contribution in [0, 0.1) is 13.8 Å². The zero-order valence-corrected chi connectivity index (χ0v) is 16.2. The maximum atomic E-state index is 4.68. The van der Waals surface area contributed by atoms with E-state index in [-0.39, 0.29) is 0 Å². The van der Waals surface area contributed by atoms with Gasteiger partial charge in [-0.3, -0.25) is 9.98 Å². The van der Waals surface area contributed by atoms with Crippen LogP contribution in [-0.2, 0) is 0 Å². The number of fused-ring (bicyclic) bond motifs is 1. The standard InChI is InChI=1S/C22H18BrN3/c1-15-12-18(16(2)26(15)21-8-5-19(23)6-9-21)14-25-20-7-10-22-17(13-20)4-3-11-24-22/h3-14H,1-2H3. The molecule has 4 aromatic rings. The van der Waals surface area contributed by atoms with E-state index in [4.69, 9.17) is 0 Å². The Balaban J connectivity index is 1.68. The fourth-order valence-corrected chi connectivity index (χ4v) is 3.46. The summed E-state index contributed by atoms with van der Waals surface area (Å²) >= 11 is 3.49. The van der Waals surface area contributed by atoms with Gasteiger partial charge < -0.3 is 4.57 Å². The molecular formula is C22H18BrN3. The average molecular weight is 404 g/mol. The van der Waals surface area contributed by atoms with Crippen LogP contribution in [0.2, 0.25) is 0 Å². The van der Waals surface area contributed by atoms with Gasteiger partial charge >= 0.3 is 0 Å². The van der Waals surface area contributed by atoms with Crippen LogP contribution in [0.5, 0.6) is 0 Å². The van der Waals surface area contributed by atoms with Crippen molar-refractivity contribution in [1.29, 1.82) is 0 Å². The monoisotopic (exact) mass is 403 g/mol. The van der Waals surface area contributed by atoms with Crippen LogP contribution in [0.1, 0.15) is 17.0 Å². The highest BCUT2D eigenvalue weighted by Crippen LogP contribution is 2.23. The lowest BCUT2D eigenvalue weighted by atomic mass is 10.2. The molecule has 0 bridgehead atoms. The Morgan fingerprint density at radius 3 is 2.62 bits per heavy atom. The molecule has 0 spiro atoms. The minimum atomic E-state index is 0.930.